The van der Waals surface area contributed by atoms with Gasteiger partial charge in [0.1, 0.15) is 11.9 Å². The molecule has 0 radical (unpaired) electrons. The van der Waals surface area contributed by atoms with Gasteiger partial charge in [0.05, 0.1) is 12.1 Å². The molecule has 8 heteroatoms. The van der Waals surface area contributed by atoms with Crippen LogP contribution >= 0.6 is 11.6 Å². The van der Waals surface area contributed by atoms with Gasteiger partial charge in [-0.3, -0.25) is 14.3 Å². The fourth-order valence-corrected chi connectivity index (χ4v) is 3.62. The molecule has 0 bridgehead atoms. The van der Waals surface area contributed by atoms with E-state index in [1.807, 2.05) is 34.6 Å². The average molecular weight is 459 g/mol. The van der Waals surface area contributed by atoms with E-state index in [2.05, 4.69) is 15.7 Å². The smallest absolute Gasteiger partial charge is 0.273 e. The maximum Gasteiger partial charge on any atom is 0.273 e. The highest BCUT2D eigenvalue weighted by molar-refractivity contribution is 6.31. The molecule has 1 heterocycles. The third-order valence-corrected chi connectivity index (χ3v) is 5.24. The predicted molar refractivity (Wildman–Crippen MR) is 124 cm³/mol. The van der Waals surface area contributed by atoms with Crippen LogP contribution in [0.2, 0.25) is 5.02 Å². The van der Waals surface area contributed by atoms with Gasteiger partial charge in [-0.15, -0.1) is 0 Å². The largest absolute Gasteiger partial charge is 0.352 e. The lowest BCUT2D eigenvalue weighted by molar-refractivity contribution is -0.125. The van der Waals surface area contributed by atoms with E-state index < -0.39 is 17.4 Å². The standard InChI is InChI=1S/C24H28ClFN4O2/c1-14(2)27-23(32)21(24(3,4)5)28-22(31)20-18-12-16(25)8-11-19(18)30(29-20)13-15-6-9-17(26)10-7-15/h6-12,14,21H,13H2,1-5H3,(H,27,32)(H,28,31)/t21-/m1/s1. The topological polar surface area (TPSA) is 76.0 Å². The van der Waals surface area contributed by atoms with Crippen molar-refractivity contribution in [1.29, 1.82) is 0 Å². The van der Waals surface area contributed by atoms with Gasteiger partial charge in [-0.05, 0) is 55.2 Å². The molecule has 0 unspecified atom stereocenters. The number of aromatic nitrogens is 2. The summed E-state index contributed by atoms with van der Waals surface area (Å²) in [5.41, 5.74) is 1.21. The maximum atomic E-state index is 13.3. The lowest BCUT2D eigenvalue weighted by atomic mass is 9.86. The SMILES string of the molecule is CC(C)NC(=O)[C@@H](NC(=O)c1nn(Cc2ccc(F)cc2)c2ccc(Cl)cc12)C(C)(C)C. The highest BCUT2D eigenvalue weighted by Crippen LogP contribution is 2.25. The van der Waals surface area contributed by atoms with Crippen molar-refractivity contribution in [3.8, 4) is 0 Å². The van der Waals surface area contributed by atoms with Gasteiger partial charge >= 0.3 is 0 Å². The Morgan fingerprint density at radius 3 is 2.34 bits per heavy atom. The van der Waals surface area contributed by atoms with Crippen LogP contribution in [-0.2, 0) is 11.3 Å². The quantitative estimate of drug-likeness (QED) is 0.569. The fraction of sp³-hybridized carbons (Fsp3) is 0.375. The number of benzene rings is 2. The van der Waals surface area contributed by atoms with Gasteiger partial charge < -0.3 is 10.6 Å². The number of nitrogens with zero attached hydrogens (tertiary/aromatic N) is 2. The summed E-state index contributed by atoms with van der Waals surface area (Å²) < 4.78 is 14.9. The van der Waals surface area contributed by atoms with Crippen LogP contribution in [0.1, 0.15) is 50.7 Å². The van der Waals surface area contributed by atoms with Crippen molar-refractivity contribution < 1.29 is 14.0 Å². The molecule has 0 spiro atoms. The minimum atomic E-state index is -0.756. The van der Waals surface area contributed by atoms with Crippen LogP contribution in [0.3, 0.4) is 0 Å². The second kappa shape index (κ2) is 9.28. The third-order valence-electron chi connectivity index (χ3n) is 5.01. The molecule has 0 saturated heterocycles. The Bertz CT molecular complexity index is 1130. The molecular formula is C24H28ClFN4O2. The first-order valence-corrected chi connectivity index (χ1v) is 10.8. The van der Waals surface area contributed by atoms with E-state index in [4.69, 9.17) is 11.6 Å². The Hall–Kier alpha value is -2.93. The van der Waals surface area contributed by atoms with Crippen LogP contribution in [0, 0.1) is 11.2 Å². The molecule has 2 amide bonds. The van der Waals surface area contributed by atoms with Crippen molar-refractivity contribution >= 4 is 34.3 Å². The van der Waals surface area contributed by atoms with Crippen molar-refractivity contribution in [3.05, 3.63) is 64.6 Å². The zero-order chi connectivity index (χ0) is 23.6. The maximum absolute atomic E-state index is 13.3. The molecule has 1 aromatic heterocycles. The van der Waals surface area contributed by atoms with Crippen molar-refractivity contribution in [1.82, 2.24) is 20.4 Å². The first-order valence-electron chi connectivity index (χ1n) is 10.5. The number of rotatable bonds is 6. The highest BCUT2D eigenvalue weighted by Gasteiger charge is 2.34. The molecule has 0 aliphatic heterocycles. The molecule has 0 fully saturated rings. The van der Waals surface area contributed by atoms with Crippen LogP contribution in [0.15, 0.2) is 42.5 Å². The van der Waals surface area contributed by atoms with Gasteiger partial charge in [0.15, 0.2) is 5.69 Å². The molecule has 170 valence electrons. The van der Waals surface area contributed by atoms with Gasteiger partial charge in [0.25, 0.3) is 5.91 Å². The lowest BCUT2D eigenvalue weighted by Gasteiger charge is -2.30. The van der Waals surface area contributed by atoms with E-state index >= 15 is 0 Å². The molecule has 32 heavy (non-hydrogen) atoms. The monoisotopic (exact) mass is 458 g/mol. The lowest BCUT2D eigenvalue weighted by Crippen LogP contribution is -2.54. The van der Waals surface area contributed by atoms with E-state index in [1.165, 1.54) is 12.1 Å². The van der Waals surface area contributed by atoms with E-state index in [0.717, 1.165) is 5.56 Å². The number of hydrogen-bond acceptors (Lipinski definition) is 3. The number of fused-ring (bicyclic) bond motifs is 1. The number of carbonyl (C=O) groups excluding carboxylic acids is 2. The van der Waals surface area contributed by atoms with Crippen molar-refractivity contribution in [2.24, 2.45) is 5.41 Å². The molecule has 6 nitrogen and oxygen atoms in total. The summed E-state index contributed by atoms with van der Waals surface area (Å²) in [5, 5.41) is 11.3. The Morgan fingerprint density at radius 2 is 1.75 bits per heavy atom. The van der Waals surface area contributed by atoms with Gasteiger partial charge in [0, 0.05) is 16.5 Å². The second-order valence-corrected chi connectivity index (χ2v) is 9.67. The fourth-order valence-electron chi connectivity index (χ4n) is 3.45. The number of hydrogen-bond donors (Lipinski definition) is 2. The number of nitrogens with one attached hydrogen (secondary N) is 2. The Morgan fingerprint density at radius 1 is 1.09 bits per heavy atom. The Kier molecular flexibility index (Phi) is 6.88. The van der Waals surface area contributed by atoms with Gasteiger partial charge in [-0.1, -0.05) is 44.5 Å². The second-order valence-electron chi connectivity index (χ2n) is 9.23. The molecule has 3 rings (SSSR count). The molecule has 0 aliphatic carbocycles. The van der Waals surface area contributed by atoms with E-state index in [0.29, 0.717) is 22.5 Å². The summed E-state index contributed by atoms with van der Waals surface area (Å²) in [5.74, 6) is -1.04. The van der Waals surface area contributed by atoms with Crippen molar-refractivity contribution in [2.45, 2.75) is 53.2 Å². The summed E-state index contributed by atoms with van der Waals surface area (Å²) in [7, 11) is 0. The van der Waals surface area contributed by atoms with Crippen LogP contribution < -0.4 is 10.6 Å². The summed E-state index contributed by atoms with van der Waals surface area (Å²) in [4.78, 5) is 26.0. The van der Waals surface area contributed by atoms with E-state index in [-0.39, 0.29) is 23.5 Å². The average Bonchev–Trinajstić information content (AvgIpc) is 3.03. The number of amides is 2. The molecule has 3 aromatic rings. The number of halogens is 2. The highest BCUT2D eigenvalue weighted by atomic mass is 35.5. The van der Waals surface area contributed by atoms with Crippen LogP contribution in [0.25, 0.3) is 10.9 Å². The first kappa shape index (κ1) is 23.7. The molecule has 0 saturated carbocycles. The summed E-state index contributed by atoms with van der Waals surface area (Å²) in [6.45, 7) is 9.75. The minimum absolute atomic E-state index is 0.0567. The zero-order valence-electron chi connectivity index (χ0n) is 18.9. The Labute approximate surface area is 192 Å². The summed E-state index contributed by atoms with van der Waals surface area (Å²) in [6, 6.07) is 10.5. The molecular weight excluding hydrogens is 431 g/mol. The Balaban J connectivity index is 1.97. The molecule has 1 atom stereocenters. The molecule has 2 aromatic carbocycles. The minimum Gasteiger partial charge on any atom is -0.352 e. The van der Waals surface area contributed by atoms with Crippen molar-refractivity contribution in [3.63, 3.8) is 0 Å². The summed E-state index contributed by atoms with van der Waals surface area (Å²) in [6.07, 6.45) is 0. The first-order chi connectivity index (χ1) is 15.0. The van der Waals surface area contributed by atoms with Crippen molar-refractivity contribution in [2.75, 3.05) is 0 Å². The van der Waals surface area contributed by atoms with Gasteiger partial charge in [0.2, 0.25) is 5.91 Å². The third kappa shape index (κ3) is 5.46. The predicted octanol–water partition coefficient (Wildman–Crippen LogP) is 4.55. The van der Waals surface area contributed by atoms with Gasteiger partial charge in [-0.2, -0.15) is 5.10 Å². The zero-order valence-corrected chi connectivity index (χ0v) is 19.6. The van der Waals surface area contributed by atoms with Crippen LogP contribution in [0.4, 0.5) is 4.39 Å². The summed E-state index contributed by atoms with van der Waals surface area (Å²) >= 11 is 6.19. The molecule has 2 N–H and O–H groups in total. The van der Waals surface area contributed by atoms with Crippen LogP contribution in [-0.4, -0.2) is 33.7 Å². The molecule has 0 aliphatic rings. The normalized spacial score (nSPS) is 12.8. The van der Waals surface area contributed by atoms with E-state index in [9.17, 15) is 14.0 Å². The van der Waals surface area contributed by atoms with Gasteiger partial charge in [-0.25, -0.2) is 4.39 Å². The number of carbonyl (C=O) groups is 2. The van der Waals surface area contributed by atoms with Crippen LogP contribution in [0.5, 0.6) is 0 Å². The van der Waals surface area contributed by atoms with E-state index in [1.54, 1.807) is 35.0 Å².